The zero-order chi connectivity index (χ0) is 21.0. The van der Waals surface area contributed by atoms with Crippen molar-refractivity contribution in [1.29, 1.82) is 0 Å². The highest BCUT2D eigenvalue weighted by molar-refractivity contribution is 5.28. The van der Waals surface area contributed by atoms with Gasteiger partial charge in [0.15, 0.2) is 0 Å². The molecule has 0 heterocycles. The Bertz CT molecular complexity index is 659. The molecule has 4 aliphatic rings. The van der Waals surface area contributed by atoms with Crippen LogP contribution in [0.3, 0.4) is 0 Å². The van der Waals surface area contributed by atoms with Crippen LogP contribution in [0.25, 0.3) is 0 Å². The van der Waals surface area contributed by atoms with E-state index < -0.39 is 0 Å². The zero-order valence-corrected chi connectivity index (χ0v) is 20.0. The third kappa shape index (κ3) is 3.58. The van der Waals surface area contributed by atoms with Crippen molar-refractivity contribution < 1.29 is 5.11 Å². The molecule has 4 rings (SSSR count). The first-order chi connectivity index (χ1) is 13.7. The number of rotatable bonds is 4. The summed E-state index contributed by atoms with van der Waals surface area (Å²) in [5.74, 6) is 5.25. The fraction of sp³-hybridized carbons (Fsp3) is 0.857. The summed E-state index contributed by atoms with van der Waals surface area (Å²) in [5.41, 5.74) is 2.79. The Morgan fingerprint density at radius 1 is 0.931 bits per heavy atom. The molecule has 0 aromatic carbocycles. The van der Waals surface area contributed by atoms with Crippen molar-refractivity contribution in [2.24, 2.45) is 52.3 Å². The lowest BCUT2D eigenvalue weighted by molar-refractivity contribution is -0.0414. The molecule has 0 bridgehead atoms. The zero-order valence-electron chi connectivity index (χ0n) is 20.0. The molecule has 0 aromatic heterocycles. The van der Waals surface area contributed by atoms with Crippen LogP contribution in [0, 0.1) is 52.3 Å². The largest absolute Gasteiger partial charge is 0.393 e. The van der Waals surface area contributed by atoms with Crippen LogP contribution in [0.2, 0.25) is 0 Å². The first-order valence-corrected chi connectivity index (χ1v) is 12.7. The second-order valence-corrected chi connectivity index (χ2v) is 12.3. The van der Waals surface area contributed by atoms with Gasteiger partial charge in [-0.25, -0.2) is 0 Å². The molecule has 1 N–H and O–H groups in total. The van der Waals surface area contributed by atoms with Gasteiger partial charge in [-0.1, -0.05) is 65.3 Å². The molecule has 9 atom stereocenters. The highest BCUT2D eigenvalue weighted by Gasteiger charge is 2.57. The van der Waals surface area contributed by atoms with Crippen LogP contribution in [0.15, 0.2) is 23.8 Å². The molecule has 0 radical (unpaired) electrons. The molecule has 0 saturated heterocycles. The summed E-state index contributed by atoms with van der Waals surface area (Å²) < 4.78 is 0. The number of allylic oxidation sites excluding steroid dienone is 4. The van der Waals surface area contributed by atoms with E-state index in [9.17, 15) is 5.11 Å². The van der Waals surface area contributed by atoms with E-state index in [-0.39, 0.29) is 6.10 Å². The Kier molecular flexibility index (Phi) is 5.86. The minimum Gasteiger partial charge on any atom is -0.393 e. The molecular weight excluding hydrogens is 352 g/mol. The quantitative estimate of drug-likeness (QED) is 0.489. The normalized spacial score (nSPS) is 46.8. The van der Waals surface area contributed by atoms with Crippen molar-refractivity contribution in [1.82, 2.24) is 0 Å². The minimum absolute atomic E-state index is 0.0476. The van der Waals surface area contributed by atoms with Crippen LogP contribution in [0.4, 0.5) is 0 Å². The van der Waals surface area contributed by atoms with Crippen LogP contribution in [0.1, 0.15) is 92.9 Å². The second kappa shape index (κ2) is 7.85. The average molecular weight is 399 g/mol. The lowest BCUT2D eigenvalue weighted by atomic mass is 9.47. The summed E-state index contributed by atoms with van der Waals surface area (Å²) in [6, 6.07) is 0. The summed E-state index contributed by atoms with van der Waals surface area (Å²) in [7, 11) is 0. The smallest absolute Gasteiger partial charge is 0.0543 e. The average Bonchev–Trinajstić information content (AvgIpc) is 3.03. The van der Waals surface area contributed by atoms with Gasteiger partial charge in [0.25, 0.3) is 0 Å². The molecule has 0 aliphatic heterocycles. The minimum atomic E-state index is -0.0476. The Balaban J connectivity index is 1.54. The van der Waals surface area contributed by atoms with E-state index in [0.717, 1.165) is 36.5 Å². The predicted octanol–water partition coefficient (Wildman–Crippen LogP) is 7.41. The van der Waals surface area contributed by atoms with Crippen molar-refractivity contribution in [3.8, 4) is 0 Å². The van der Waals surface area contributed by atoms with Crippen LogP contribution in [-0.4, -0.2) is 11.2 Å². The lowest BCUT2D eigenvalue weighted by Crippen LogP contribution is -2.49. The fourth-order valence-corrected chi connectivity index (χ4v) is 8.10. The Morgan fingerprint density at radius 2 is 1.62 bits per heavy atom. The summed E-state index contributed by atoms with van der Waals surface area (Å²) in [5, 5.41) is 10.2. The molecule has 3 fully saturated rings. The fourth-order valence-electron chi connectivity index (χ4n) is 8.10. The van der Waals surface area contributed by atoms with Gasteiger partial charge >= 0.3 is 0 Å². The van der Waals surface area contributed by atoms with Gasteiger partial charge in [-0.2, -0.15) is 0 Å². The van der Waals surface area contributed by atoms with Gasteiger partial charge in [-0.3, -0.25) is 0 Å². The van der Waals surface area contributed by atoms with Crippen LogP contribution >= 0.6 is 0 Å². The summed E-state index contributed by atoms with van der Waals surface area (Å²) >= 11 is 0. The highest BCUT2D eigenvalue weighted by atomic mass is 16.3. The molecule has 29 heavy (non-hydrogen) atoms. The third-order valence-corrected chi connectivity index (χ3v) is 10.5. The lowest BCUT2D eigenvalue weighted by Gasteiger charge is -2.57. The summed E-state index contributed by atoms with van der Waals surface area (Å²) in [6.07, 6.45) is 17.8. The monoisotopic (exact) mass is 398 g/mol. The van der Waals surface area contributed by atoms with E-state index in [1.165, 1.54) is 38.5 Å². The van der Waals surface area contributed by atoms with Gasteiger partial charge in [0.1, 0.15) is 0 Å². The van der Waals surface area contributed by atoms with Crippen LogP contribution in [0.5, 0.6) is 0 Å². The van der Waals surface area contributed by atoms with Gasteiger partial charge in [0.05, 0.1) is 6.10 Å². The van der Waals surface area contributed by atoms with Gasteiger partial charge in [-0.05, 0) is 104 Å². The molecule has 0 unspecified atom stereocenters. The van der Waals surface area contributed by atoms with Gasteiger partial charge in [-0.15, -0.1) is 0 Å². The van der Waals surface area contributed by atoms with Crippen LogP contribution in [-0.2, 0) is 0 Å². The number of aliphatic hydroxyl groups is 1. The first-order valence-electron chi connectivity index (χ1n) is 12.7. The van der Waals surface area contributed by atoms with Crippen molar-refractivity contribution in [3.63, 3.8) is 0 Å². The van der Waals surface area contributed by atoms with Crippen molar-refractivity contribution in [2.75, 3.05) is 0 Å². The highest BCUT2D eigenvalue weighted by Crippen LogP contribution is 2.66. The molecule has 3 saturated carbocycles. The van der Waals surface area contributed by atoms with E-state index in [4.69, 9.17) is 0 Å². The van der Waals surface area contributed by atoms with Crippen molar-refractivity contribution in [2.45, 2.75) is 99.0 Å². The maximum absolute atomic E-state index is 10.2. The van der Waals surface area contributed by atoms with Gasteiger partial charge in [0.2, 0.25) is 0 Å². The van der Waals surface area contributed by atoms with E-state index in [1.807, 2.05) is 5.57 Å². The van der Waals surface area contributed by atoms with Crippen molar-refractivity contribution in [3.05, 3.63) is 23.8 Å². The molecule has 0 spiro atoms. The van der Waals surface area contributed by atoms with Gasteiger partial charge < -0.3 is 5.11 Å². The summed E-state index contributed by atoms with van der Waals surface area (Å²) in [6.45, 7) is 14.7. The van der Waals surface area contributed by atoms with Crippen LogP contribution < -0.4 is 0 Å². The summed E-state index contributed by atoms with van der Waals surface area (Å²) in [4.78, 5) is 0. The Hall–Kier alpha value is -0.560. The molecule has 0 aromatic rings. The molecule has 4 aliphatic carbocycles. The second-order valence-electron chi connectivity index (χ2n) is 12.3. The molecular formula is C28H46O. The van der Waals surface area contributed by atoms with Crippen molar-refractivity contribution >= 4 is 0 Å². The van der Waals surface area contributed by atoms with E-state index >= 15 is 0 Å². The number of fused-ring (bicyclic) bond motifs is 5. The number of aliphatic hydroxyl groups excluding tert-OH is 1. The first kappa shape index (κ1) is 21.7. The molecule has 1 nitrogen and oxygen atoms in total. The topological polar surface area (TPSA) is 20.2 Å². The Morgan fingerprint density at radius 3 is 2.34 bits per heavy atom. The SMILES string of the molecule is CC(C)[C@H](C)/C=C/[C@H](C)[C@H]1CC[C@H]2C3=CC[C@H]4C[C@@H](O)CC[C@]4(C)[C@H]3CC[C@]12C. The molecule has 164 valence electrons. The predicted molar refractivity (Wildman–Crippen MR) is 124 cm³/mol. The number of hydrogen-bond donors (Lipinski definition) is 1. The maximum atomic E-state index is 10.2. The third-order valence-electron chi connectivity index (χ3n) is 10.5. The van der Waals surface area contributed by atoms with E-state index in [2.05, 4.69) is 59.8 Å². The maximum Gasteiger partial charge on any atom is 0.0543 e. The van der Waals surface area contributed by atoms with E-state index in [0.29, 0.717) is 28.6 Å². The molecule has 1 heteroatoms. The molecule has 0 amide bonds. The number of hydrogen-bond acceptors (Lipinski definition) is 1. The van der Waals surface area contributed by atoms with Gasteiger partial charge in [0, 0.05) is 0 Å². The Labute approximate surface area is 180 Å². The van der Waals surface area contributed by atoms with E-state index in [1.54, 1.807) is 0 Å². The standard InChI is InChI=1S/C28H46O/c1-18(2)19(3)7-8-20(4)24-11-12-25-23-10-9-21-17-22(29)13-15-27(21,5)26(23)14-16-28(24,25)6/h7-8,10,18-22,24-26,29H,9,11-17H2,1-6H3/b8-7+/t19-,20+,21+,22+,24-,25+,26+,27+,28-/m1/s1.